The topological polar surface area (TPSA) is 238 Å². The standard InChI is InChI=1S/C43H65N5O16/c49-40(50)10-12-52-14-16-54-18-20-56-22-24-58-26-28-60-30-32-62-34-35-63-33-31-61-29-27-59-25-23-57-21-19-55-17-15-53-13-11-44-43(51)64-36-37-6-8-39(9-7-37)42-47-45-41(46-48-42)38-4-2-1-3-5-38/h1-9H,10-36H2,(H,44,51)(H,49,50). The molecule has 0 aliphatic heterocycles. The summed E-state index contributed by atoms with van der Waals surface area (Å²) in [5.41, 5.74) is 2.40. The van der Waals surface area contributed by atoms with Crippen molar-refractivity contribution in [2.45, 2.75) is 13.0 Å². The van der Waals surface area contributed by atoms with Crippen molar-refractivity contribution in [3.05, 3.63) is 60.2 Å². The van der Waals surface area contributed by atoms with Gasteiger partial charge in [0.25, 0.3) is 0 Å². The number of rotatable bonds is 43. The summed E-state index contributed by atoms with van der Waals surface area (Å²) in [5, 5.41) is 27.9. The molecule has 0 bridgehead atoms. The van der Waals surface area contributed by atoms with E-state index in [-0.39, 0.29) is 19.6 Å². The fourth-order valence-electron chi connectivity index (χ4n) is 4.90. The van der Waals surface area contributed by atoms with Crippen molar-refractivity contribution in [1.29, 1.82) is 0 Å². The highest BCUT2D eigenvalue weighted by Crippen LogP contribution is 2.17. The summed E-state index contributed by atoms with van der Waals surface area (Å²) in [7, 11) is 0. The van der Waals surface area contributed by atoms with E-state index < -0.39 is 12.1 Å². The van der Waals surface area contributed by atoms with E-state index in [0.717, 1.165) is 16.7 Å². The van der Waals surface area contributed by atoms with Gasteiger partial charge in [-0.1, -0.05) is 54.6 Å². The zero-order chi connectivity index (χ0) is 45.2. The first-order valence-electron chi connectivity index (χ1n) is 21.4. The fourth-order valence-corrected chi connectivity index (χ4v) is 4.90. The second-order valence-electron chi connectivity index (χ2n) is 13.1. The first kappa shape index (κ1) is 54.0. The lowest BCUT2D eigenvalue weighted by atomic mass is 10.1. The fraction of sp³-hybridized carbons (Fsp3) is 0.628. The van der Waals surface area contributed by atoms with Gasteiger partial charge in [0.15, 0.2) is 0 Å². The average Bonchev–Trinajstić information content (AvgIpc) is 3.32. The van der Waals surface area contributed by atoms with E-state index in [1.54, 1.807) is 0 Å². The largest absolute Gasteiger partial charge is 0.481 e. The molecule has 2 N–H and O–H groups in total. The Morgan fingerprint density at radius 3 is 1.06 bits per heavy atom. The van der Waals surface area contributed by atoms with Crippen molar-refractivity contribution in [2.24, 2.45) is 0 Å². The quantitative estimate of drug-likeness (QED) is 0.0776. The minimum Gasteiger partial charge on any atom is -0.481 e. The number of carbonyl (C=O) groups excluding carboxylic acids is 1. The Bertz CT molecular complexity index is 1550. The van der Waals surface area contributed by atoms with E-state index in [9.17, 15) is 9.59 Å². The molecule has 64 heavy (non-hydrogen) atoms. The van der Waals surface area contributed by atoms with Gasteiger partial charge in [-0.05, 0) is 5.56 Å². The van der Waals surface area contributed by atoms with Crippen LogP contribution in [0.15, 0.2) is 54.6 Å². The highest BCUT2D eigenvalue weighted by molar-refractivity contribution is 5.67. The molecule has 0 fully saturated rings. The molecule has 0 atom stereocenters. The van der Waals surface area contributed by atoms with Gasteiger partial charge in [0, 0.05) is 17.7 Å². The molecule has 0 saturated heterocycles. The number of alkyl carbamates (subject to hydrolysis) is 1. The van der Waals surface area contributed by atoms with Crippen molar-refractivity contribution >= 4 is 12.1 Å². The number of benzene rings is 2. The summed E-state index contributed by atoms with van der Waals surface area (Å²) >= 11 is 0. The number of aromatic nitrogens is 4. The summed E-state index contributed by atoms with van der Waals surface area (Å²) < 4.78 is 70.5. The minimum absolute atomic E-state index is 0.0106. The molecule has 1 amide bonds. The van der Waals surface area contributed by atoms with Crippen molar-refractivity contribution in [3.63, 3.8) is 0 Å². The van der Waals surface area contributed by atoms with E-state index in [1.165, 1.54) is 0 Å². The van der Waals surface area contributed by atoms with E-state index in [0.29, 0.717) is 170 Å². The van der Waals surface area contributed by atoms with Gasteiger partial charge in [0.1, 0.15) is 6.61 Å². The Labute approximate surface area is 374 Å². The SMILES string of the molecule is O=C(O)CCOCCOCCOCCOCCOCCOCCOCCOCCOCCOCCOCCOCCNC(=O)OCc1ccc(-c2nnc(-c3ccccc3)nn2)cc1. The molecular weight excluding hydrogens is 842 g/mol. The molecule has 0 unspecified atom stereocenters. The van der Waals surface area contributed by atoms with Crippen molar-refractivity contribution in [1.82, 2.24) is 25.7 Å². The minimum atomic E-state index is -0.881. The monoisotopic (exact) mass is 907 g/mol. The molecule has 21 nitrogen and oxygen atoms in total. The van der Waals surface area contributed by atoms with Crippen molar-refractivity contribution in [3.8, 4) is 22.8 Å². The maximum atomic E-state index is 12.0. The van der Waals surface area contributed by atoms with Crippen LogP contribution in [0.25, 0.3) is 22.8 Å². The first-order chi connectivity index (χ1) is 31.6. The molecule has 0 aliphatic rings. The number of carboxylic acid groups (broad SMARTS) is 1. The maximum absolute atomic E-state index is 12.0. The van der Waals surface area contributed by atoms with Gasteiger partial charge >= 0.3 is 12.1 Å². The van der Waals surface area contributed by atoms with Crippen LogP contribution in [0.5, 0.6) is 0 Å². The smallest absolute Gasteiger partial charge is 0.407 e. The van der Waals surface area contributed by atoms with Crippen LogP contribution >= 0.6 is 0 Å². The molecule has 3 rings (SSSR count). The van der Waals surface area contributed by atoms with Crippen LogP contribution < -0.4 is 5.32 Å². The van der Waals surface area contributed by atoms with Crippen LogP contribution in [0, 0.1) is 0 Å². The highest BCUT2D eigenvalue weighted by atomic mass is 16.6. The molecule has 1 heterocycles. The molecule has 0 radical (unpaired) electrons. The second-order valence-corrected chi connectivity index (χ2v) is 13.1. The van der Waals surface area contributed by atoms with Gasteiger partial charge < -0.3 is 72.0 Å². The Hall–Kier alpha value is -4.36. The third-order valence-electron chi connectivity index (χ3n) is 8.16. The summed E-state index contributed by atoms with van der Waals surface area (Å²) in [6, 6.07) is 16.8. The molecule has 0 saturated carbocycles. The molecule has 1 aromatic heterocycles. The zero-order valence-electron chi connectivity index (χ0n) is 36.6. The Morgan fingerprint density at radius 2 is 0.719 bits per heavy atom. The molecule has 0 spiro atoms. The number of ether oxygens (including phenoxy) is 13. The number of amides is 1. The number of aliphatic carboxylic acids is 1. The summed E-state index contributed by atoms with van der Waals surface area (Å²) in [6.07, 6.45) is -0.547. The molecular formula is C43H65N5O16. The van der Waals surface area contributed by atoms with Crippen LogP contribution in [-0.2, 0) is 73.0 Å². The molecule has 2 aromatic carbocycles. The van der Waals surface area contributed by atoms with Crippen LogP contribution in [0.3, 0.4) is 0 Å². The number of carboxylic acids is 1. The predicted molar refractivity (Wildman–Crippen MR) is 229 cm³/mol. The van der Waals surface area contributed by atoms with Gasteiger partial charge in [0.2, 0.25) is 11.6 Å². The predicted octanol–water partition coefficient (Wildman–Crippen LogP) is 2.50. The van der Waals surface area contributed by atoms with Gasteiger partial charge in [-0.3, -0.25) is 4.79 Å². The normalized spacial score (nSPS) is 11.2. The lowest BCUT2D eigenvalue weighted by Crippen LogP contribution is -2.28. The first-order valence-corrected chi connectivity index (χ1v) is 21.4. The van der Waals surface area contributed by atoms with Gasteiger partial charge in [-0.15, -0.1) is 20.4 Å². The van der Waals surface area contributed by atoms with Crippen LogP contribution in [0.1, 0.15) is 12.0 Å². The third-order valence-corrected chi connectivity index (χ3v) is 8.16. The number of hydrogen-bond donors (Lipinski definition) is 2. The van der Waals surface area contributed by atoms with Crippen LogP contribution in [0.2, 0.25) is 0 Å². The highest BCUT2D eigenvalue weighted by Gasteiger charge is 2.08. The summed E-state index contributed by atoms with van der Waals surface area (Å²) in [5.74, 6) is -0.0237. The number of nitrogens with one attached hydrogen (secondary N) is 1. The lowest BCUT2D eigenvalue weighted by molar-refractivity contribution is -0.138. The third kappa shape index (κ3) is 29.9. The molecule has 0 aliphatic carbocycles. The Kier molecular flexibility index (Phi) is 32.9. The molecule has 21 heteroatoms. The van der Waals surface area contributed by atoms with Crippen LogP contribution in [0.4, 0.5) is 4.79 Å². The van der Waals surface area contributed by atoms with Gasteiger partial charge in [0.05, 0.1) is 165 Å². The number of nitrogens with zero attached hydrogens (tertiary/aromatic N) is 4. The summed E-state index contributed by atoms with van der Waals surface area (Å²) in [6.45, 7) is 10.8. The average molecular weight is 908 g/mol. The summed E-state index contributed by atoms with van der Waals surface area (Å²) in [4.78, 5) is 22.4. The lowest BCUT2D eigenvalue weighted by Gasteiger charge is -2.09. The van der Waals surface area contributed by atoms with E-state index in [2.05, 4.69) is 25.7 Å². The Balaban J connectivity index is 0.942. The second kappa shape index (κ2) is 39.0. The zero-order valence-corrected chi connectivity index (χ0v) is 36.6. The van der Waals surface area contributed by atoms with Crippen LogP contribution in [-0.4, -0.2) is 203 Å². The van der Waals surface area contributed by atoms with E-state index >= 15 is 0 Å². The number of hydrogen-bond acceptors (Lipinski definition) is 19. The molecule has 3 aromatic rings. The Morgan fingerprint density at radius 1 is 0.406 bits per heavy atom. The maximum Gasteiger partial charge on any atom is 0.407 e. The van der Waals surface area contributed by atoms with Crippen molar-refractivity contribution in [2.75, 3.05) is 165 Å². The van der Waals surface area contributed by atoms with E-state index in [1.807, 2.05) is 54.6 Å². The number of carbonyl (C=O) groups is 2. The molecule has 358 valence electrons. The van der Waals surface area contributed by atoms with Gasteiger partial charge in [-0.25, -0.2) is 4.79 Å². The van der Waals surface area contributed by atoms with E-state index in [4.69, 9.17) is 66.7 Å². The van der Waals surface area contributed by atoms with Gasteiger partial charge in [-0.2, -0.15) is 0 Å². The van der Waals surface area contributed by atoms with Crippen molar-refractivity contribution < 1.29 is 76.3 Å².